The number of anilines is 1. The van der Waals surface area contributed by atoms with Crippen molar-refractivity contribution in [1.29, 1.82) is 0 Å². The van der Waals surface area contributed by atoms with E-state index in [1.165, 1.54) is 0 Å². The quantitative estimate of drug-likeness (QED) is 0.251. The Hall–Kier alpha value is -3.06. The van der Waals surface area contributed by atoms with E-state index in [4.69, 9.17) is 16.3 Å². The number of carbonyl (C=O) groups is 3. The van der Waals surface area contributed by atoms with Crippen molar-refractivity contribution < 1.29 is 19.1 Å². The van der Waals surface area contributed by atoms with E-state index in [1.54, 1.807) is 31.7 Å². The Bertz CT molecular complexity index is 1250. The van der Waals surface area contributed by atoms with Gasteiger partial charge in [0.05, 0.1) is 10.7 Å². The summed E-state index contributed by atoms with van der Waals surface area (Å²) in [6, 6.07) is 9.09. The number of hydrogen-bond donors (Lipinski definition) is 2. The van der Waals surface area contributed by atoms with Gasteiger partial charge in [0, 0.05) is 6.04 Å². The zero-order valence-corrected chi connectivity index (χ0v) is 28.7. The van der Waals surface area contributed by atoms with E-state index < -0.39 is 23.8 Å². The number of hydrogen-bond acceptors (Lipinski definition) is 4. The monoisotopic (exact) mass is 613 g/mol. The van der Waals surface area contributed by atoms with Crippen molar-refractivity contribution in [3.63, 3.8) is 0 Å². The maximum atomic E-state index is 14.7. The first-order chi connectivity index (χ1) is 20.0. The molecule has 0 aliphatic heterocycles. The van der Waals surface area contributed by atoms with Gasteiger partial charge in [0.1, 0.15) is 17.7 Å². The SMILES string of the molecule is CCC(C)C(NC(=O)OC(C)(C)C)C(=O)N(C(C)CCC(C)C)C(C(=O)Nc1c(C)cccc1Cl)c1ccc(C)c(C)c1. The van der Waals surface area contributed by atoms with Crippen LogP contribution in [0.2, 0.25) is 5.02 Å². The summed E-state index contributed by atoms with van der Waals surface area (Å²) >= 11 is 6.52. The third-order valence-corrected chi connectivity index (χ3v) is 8.20. The minimum atomic E-state index is -0.975. The third-order valence-electron chi connectivity index (χ3n) is 7.89. The fourth-order valence-electron chi connectivity index (χ4n) is 4.95. The van der Waals surface area contributed by atoms with E-state index in [9.17, 15) is 14.4 Å². The molecule has 0 heterocycles. The number of carbonyl (C=O) groups excluding carboxylic acids is 3. The van der Waals surface area contributed by atoms with Crippen LogP contribution in [-0.2, 0) is 14.3 Å². The lowest BCUT2D eigenvalue weighted by Crippen LogP contribution is -2.57. The number of para-hydroxylation sites is 1. The van der Waals surface area contributed by atoms with Crippen LogP contribution in [0.1, 0.15) is 103 Å². The Balaban J connectivity index is 2.73. The van der Waals surface area contributed by atoms with Gasteiger partial charge in [-0.05, 0) is 101 Å². The van der Waals surface area contributed by atoms with Crippen LogP contribution in [0.4, 0.5) is 10.5 Å². The second-order valence-corrected chi connectivity index (χ2v) is 13.6. The Morgan fingerprint density at radius 3 is 2.12 bits per heavy atom. The van der Waals surface area contributed by atoms with Gasteiger partial charge < -0.3 is 20.3 Å². The highest BCUT2D eigenvalue weighted by Gasteiger charge is 2.40. The molecule has 0 aliphatic carbocycles. The number of amides is 3. The molecule has 238 valence electrons. The van der Waals surface area contributed by atoms with Gasteiger partial charge in [0.15, 0.2) is 0 Å². The Labute approximate surface area is 264 Å². The van der Waals surface area contributed by atoms with Crippen molar-refractivity contribution in [1.82, 2.24) is 10.2 Å². The topological polar surface area (TPSA) is 87.7 Å². The number of nitrogens with zero attached hydrogens (tertiary/aromatic N) is 1. The molecule has 0 saturated carbocycles. The van der Waals surface area contributed by atoms with Crippen LogP contribution in [0.3, 0.4) is 0 Å². The summed E-state index contributed by atoms with van der Waals surface area (Å²) in [6.45, 7) is 21.4. The number of rotatable bonds is 12. The van der Waals surface area contributed by atoms with E-state index in [0.717, 1.165) is 23.1 Å². The lowest BCUT2D eigenvalue weighted by atomic mass is 9.92. The summed E-state index contributed by atoms with van der Waals surface area (Å²) in [5.41, 5.74) is 3.38. The molecule has 3 amide bonds. The highest BCUT2D eigenvalue weighted by Crippen LogP contribution is 2.33. The summed E-state index contributed by atoms with van der Waals surface area (Å²) < 4.78 is 5.54. The van der Waals surface area contributed by atoms with Crippen molar-refractivity contribution in [2.24, 2.45) is 11.8 Å². The number of aryl methyl sites for hydroxylation is 3. The van der Waals surface area contributed by atoms with Gasteiger partial charge in [-0.15, -0.1) is 0 Å². The Kier molecular flexibility index (Phi) is 13.1. The summed E-state index contributed by atoms with van der Waals surface area (Å²) in [4.78, 5) is 43.8. The normalized spacial score (nSPS) is 14.4. The molecule has 8 heteroatoms. The second-order valence-electron chi connectivity index (χ2n) is 13.2. The zero-order chi connectivity index (χ0) is 32.6. The first-order valence-electron chi connectivity index (χ1n) is 15.4. The average molecular weight is 614 g/mol. The summed E-state index contributed by atoms with van der Waals surface area (Å²) in [6.07, 6.45) is 1.52. The van der Waals surface area contributed by atoms with Crippen LogP contribution >= 0.6 is 11.6 Å². The van der Waals surface area contributed by atoms with E-state index in [0.29, 0.717) is 35.0 Å². The maximum Gasteiger partial charge on any atom is 0.408 e. The highest BCUT2D eigenvalue weighted by molar-refractivity contribution is 6.34. The Morgan fingerprint density at radius 1 is 0.930 bits per heavy atom. The summed E-state index contributed by atoms with van der Waals surface area (Å²) in [5.74, 6) is -0.506. The predicted molar refractivity (Wildman–Crippen MR) is 176 cm³/mol. The van der Waals surface area contributed by atoms with Crippen LogP contribution in [0.25, 0.3) is 0 Å². The molecule has 0 saturated heterocycles. The molecule has 2 aromatic rings. The molecule has 0 aromatic heterocycles. The molecular weight excluding hydrogens is 562 g/mol. The van der Waals surface area contributed by atoms with Crippen LogP contribution in [0.5, 0.6) is 0 Å². The van der Waals surface area contributed by atoms with Gasteiger partial charge in [-0.1, -0.05) is 76.0 Å². The summed E-state index contributed by atoms with van der Waals surface area (Å²) in [7, 11) is 0. The smallest absolute Gasteiger partial charge is 0.408 e. The van der Waals surface area contributed by atoms with Crippen LogP contribution in [0, 0.1) is 32.6 Å². The lowest BCUT2D eigenvalue weighted by Gasteiger charge is -2.40. The molecule has 43 heavy (non-hydrogen) atoms. The molecule has 7 nitrogen and oxygen atoms in total. The van der Waals surface area contributed by atoms with E-state index in [-0.39, 0.29) is 23.8 Å². The van der Waals surface area contributed by atoms with Gasteiger partial charge >= 0.3 is 6.09 Å². The fraction of sp³-hybridized carbons (Fsp3) is 0.571. The van der Waals surface area contributed by atoms with Gasteiger partial charge in [-0.25, -0.2) is 4.79 Å². The highest BCUT2D eigenvalue weighted by atomic mass is 35.5. The number of nitrogens with one attached hydrogen (secondary N) is 2. The largest absolute Gasteiger partial charge is 0.444 e. The molecule has 2 rings (SSSR count). The minimum absolute atomic E-state index is 0.214. The van der Waals surface area contributed by atoms with Gasteiger partial charge in [0.25, 0.3) is 5.91 Å². The molecule has 0 bridgehead atoms. The minimum Gasteiger partial charge on any atom is -0.444 e. The molecule has 0 aliphatic rings. The van der Waals surface area contributed by atoms with Gasteiger partial charge in [-0.3, -0.25) is 9.59 Å². The number of benzene rings is 2. The van der Waals surface area contributed by atoms with E-state index in [1.807, 2.05) is 71.9 Å². The zero-order valence-electron chi connectivity index (χ0n) is 27.9. The number of alkyl carbamates (subject to hydrolysis) is 1. The fourth-order valence-corrected chi connectivity index (χ4v) is 5.21. The third kappa shape index (κ3) is 10.3. The second kappa shape index (κ2) is 15.6. The molecule has 2 aromatic carbocycles. The van der Waals surface area contributed by atoms with E-state index >= 15 is 0 Å². The average Bonchev–Trinajstić information content (AvgIpc) is 2.90. The predicted octanol–water partition coefficient (Wildman–Crippen LogP) is 8.54. The molecule has 0 spiro atoms. The van der Waals surface area contributed by atoms with Crippen LogP contribution in [0.15, 0.2) is 36.4 Å². The van der Waals surface area contributed by atoms with Crippen molar-refractivity contribution in [3.05, 3.63) is 63.7 Å². The van der Waals surface area contributed by atoms with E-state index in [2.05, 4.69) is 24.5 Å². The van der Waals surface area contributed by atoms with Crippen molar-refractivity contribution in [3.8, 4) is 0 Å². The van der Waals surface area contributed by atoms with Crippen LogP contribution < -0.4 is 10.6 Å². The number of halogens is 1. The van der Waals surface area contributed by atoms with Crippen LogP contribution in [-0.4, -0.2) is 40.5 Å². The lowest BCUT2D eigenvalue weighted by molar-refractivity contribution is -0.144. The molecular formula is C35H52ClN3O4. The first kappa shape index (κ1) is 36.1. The molecule has 2 N–H and O–H groups in total. The summed E-state index contributed by atoms with van der Waals surface area (Å²) in [5, 5.41) is 6.31. The molecule has 0 fully saturated rings. The maximum absolute atomic E-state index is 14.7. The van der Waals surface area contributed by atoms with Gasteiger partial charge in [0.2, 0.25) is 5.91 Å². The molecule has 4 unspecified atom stereocenters. The van der Waals surface area contributed by atoms with Crippen molar-refractivity contribution in [2.45, 2.75) is 119 Å². The first-order valence-corrected chi connectivity index (χ1v) is 15.8. The molecule has 4 atom stereocenters. The van der Waals surface area contributed by atoms with Crippen molar-refractivity contribution >= 4 is 35.2 Å². The molecule has 0 radical (unpaired) electrons. The Morgan fingerprint density at radius 2 is 1.58 bits per heavy atom. The number of ether oxygens (including phenoxy) is 1. The van der Waals surface area contributed by atoms with Crippen molar-refractivity contribution in [2.75, 3.05) is 5.32 Å². The van der Waals surface area contributed by atoms with Gasteiger partial charge in [-0.2, -0.15) is 0 Å². The standard InChI is InChI=1S/C35H52ClN3O4/c1-12-22(4)30(38-34(42)43-35(9,10)11)33(41)39(26(8)18-16-21(2)3)31(27-19-17-23(5)25(7)20-27)32(40)37-29-24(6)14-13-15-28(29)36/h13-15,17,19-22,26,30-31H,12,16,18H2,1-11H3,(H,37,40)(H,38,42).